The van der Waals surface area contributed by atoms with Crippen LogP contribution in [0.3, 0.4) is 0 Å². The van der Waals surface area contributed by atoms with Crippen LogP contribution in [-0.2, 0) is 6.54 Å². The fraction of sp³-hybridized carbons (Fsp3) is 0.733. The van der Waals surface area contributed by atoms with Crippen LogP contribution < -0.4 is 5.32 Å². The van der Waals surface area contributed by atoms with Gasteiger partial charge in [0.1, 0.15) is 0 Å². The average molecular weight is 322 g/mol. The minimum Gasteiger partial charge on any atom is -0.355 e. The number of aryl methyl sites for hydroxylation is 1. The molecule has 3 aliphatic rings. The van der Waals surface area contributed by atoms with Crippen molar-refractivity contribution in [2.45, 2.75) is 19.5 Å². The largest absolute Gasteiger partial charge is 0.355 e. The molecule has 122 valence electrons. The third kappa shape index (κ3) is 3.59. The Bertz CT molecular complexity index is 520. The van der Waals surface area contributed by atoms with Crippen LogP contribution >= 0.6 is 11.3 Å². The lowest BCUT2D eigenvalue weighted by Gasteiger charge is -2.47. The van der Waals surface area contributed by atoms with E-state index in [9.17, 15) is 0 Å². The van der Waals surface area contributed by atoms with Gasteiger partial charge in [0.15, 0.2) is 5.96 Å². The standard InChI is InChI=1S/C15H26N6S/c1-12-18-13(11-22-12)9-19(3)15(16-2)17-8-14-10-20-4-6-21(14)7-5-20/h11,14H,4-10H2,1-3H3,(H,16,17). The fourth-order valence-electron chi connectivity index (χ4n) is 3.31. The summed E-state index contributed by atoms with van der Waals surface area (Å²) >= 11 is 1.70. The number of nitrogens with one attached hydrogen (secondary N) is 1. The van der Waals surface area contributed by atoms with Gasteiger partial charge in [0.25, 0.3) is 0 Å². The minimum absolute atomic E-state index is 0.606. The van der Waals surface area contributed by atoms with Crippen molar-refractivity contribution in [1.29, 1.82) is 0 Å². The Morgan fingerprint density at radius 3 is 2.77 bits per heavy atom. The smallest absolute Gasteiger partial charge is 0.193 e. The maximum absolute atomic E-state index is 4.53. The highest BCUT2D eigenvalue weighted by Crippen LogP contribution is 2.15. The molecule has 0 amide bonds. The lowest BCUT2D eigenvalue weighted by atomic mass is 10.1. The van der Waals surface area contributed by atoms with Crippen LogP contribution in [-0.4, -0.2) is 85.0 Å². The van der Waals surface area contributed by atoms with E-state index in [0.717, 1.165) is 29.8 Å². The zero-order valence-corrected chi connectivity index (χ0v) is 14.6. The number of fused-ring (bicyclic) bond motifs is 3. The van der Waals surface area contributed by atoms with Crippen molar-refractivity contribution in [3.63, 3.8) is 0 Å². The molecule has 22 heavy (non-hydrogen) atoms. The van der Waals surface area contributed by atoms with Gasteiger partial charge in [-0.25, -0.2) is 4.98 Å². The number of rotatable bonds is 4. The van der Waals surface area contributed by atoms with E-state index in [2.05, 4.69) is 42.4 Å². The maximum atomic E-state index is 4.53. The van der Waals surface area contributed by atoms with Crippen molar-refractivity contribution >= 4 is 17.3 Å². The predicted molar refractivity (Wildman–Crippen MR) is 91.5 cm³/mol. The molecule has 4 heterocycles. The second-order valence-electron chi connectivity index (χ2n) is 6.13. The van der Waals surface area contributed by atoms with Crippen LogP contribution in [0.25, 0.3) is 0 Å². The Hall–Kier alpha value is -1.18. The van der Waals surface area contributed by atoms with Gasteiger partial charge < -0.3 is 10.2 Å². The van der Waals surface area contributed by atoms with Crippen LogP contribution in [0.15, 0.2) is 10.4 Å². The van der Waals surface area contributed by atoms with Crippen LogP contribution in [0.2, 0.25) is 0 Å². The molecule has 3 saturated heterocycles. The van der Waals surface area contributed by atoms with E-state index in [0.29, 0.717) is 6.04 Å². The molecular weight excluding hydrogens is 296 g/mol. The van der Waals surface area contributed by atoms with Gasteiger partial charge in [-0.2, -0.15) is 0 Å². The molecule has 1 N–H and O–H groups in total. The van der Waals surface area contributed by atoms with Crippen LogP contribution in [0.1, 0.15) is 10.7 Å². The Labute approximate surface area is 136 Å². The molecule has 6 nitrogen and oxygen atoms in total. The van der Waals surface area contributed by atoms with Gasteiger partial charge in [0, 0.05) is 64.8 Å². The summed E-state index contributed by atoms with van der Waals surface area (Å²) in [6.07, 6.45) is 0. The number of aliphatic imine (C=N–C) groups is 1. The van der Waals surface area contributed by atoms with E-state index in [1.807, 2.05) is 14.0 Å². The van der Waals surface area contributed by atoms with E-state index in [1.165, 1.54) is 32.7 Å². The predicted octanol–water partition coefficient (Wildman–Crippen LogP) is 0.459. The molecule has 0 spiro atoms. The summed E-state index contributed by atoms with van der Waals surface area (Å²) in [5, 5.41) is 6.77. The van der Waals surface area contributed by atoms with Gasteiger partial charge in [-0.05, 0) is 6.92 Å². The molecule has 7 heteroatoms. The number of piperazine rings is 3. The van der Waals surface area contributed by atoms with Gasteiger partial charge in [0.05, 0.1) is 17.2 Å². The third-order valence-corrected chi connectivity index (χ3v) is 5.35. The van der Waals surface area contributed by atoms with Gasteiger partial charge in [-0.3, -0.25) is 14.8 Å². The Morgan fingerprint density at radius 1 is 1.45 bits per heavy atom. The summed E-state index contributed by atoms with van der Waals surface area (Å²) in [5.41, 5.74) is 1.11. The maximum Gasteiger partial charge on any atom is 0.193 e. The normalized spacial score (nSPS) is 28.0. The molecule has 0 radical (unpaired) electrons. The number of nitrogens with zero attached hydrogens (tertiary/aromatic N) is 5. The van der Waals surface area contributed by atoms with Crippen molar-refractivity contribution < 1.29 is 0 Å². The van der Waals surface area contributed by atoms with E-state index in [-0.39, 0.29) is 0 Å². The lowest BCUT2D eigenvalue weighted by molar-refractivity contribution is 0.0152. The molecule has 1 atom stereocenters. The molecule has 1 aromatic rings. The summed E-state index contributed by atoms with van der Waals surface area (Å²) in [6.45, 7) is 9.86. The molecule has 4 rings (SSSR count). The summed E-state index contributed by atoms with van der Waals surface area (Å²) < 4.78 is 0. The highest BCUT2D eigenvalue weighted by atomic mass is 32.1. The second kappa shape index (κ2) is 6.93. The summed E-state index contributed by atoms with van der Waals surface area (Å²) in [7, 11) is 3.92. The van der Waals surface area contributed by atoms with E-state index < -0.39 is 0 Å². The number of guanidine groups is 1. The van der Waals surface area contributed by atoms with Crippen molar-refractivity contribution in [2.75, 3.05) is 53.4 Å². The SMILES string of the molecule is CN=C(NCC1CN2CCN1CC2)N(C)Cc1csc(C)n1. The van der Waals surface area contributed by atoms with Crippen molar-refractivity contribution in [1.82, 2.24) is 25.0 Å². The number of aromatic nitrogens is 1. The average Bonchev–Trinajstić information content (AvgIpc) is 2.94. The first-order chi connectivity index (χ1) is 10.7. The first-order valence-corrected chi connectivity index (χ1v) is 8.83. The summed E-state index contributed by atoms with van der Waals surface area (Å²) in [5.74, 6) is 0.948. The quantitative estimate of drug-likeness (QED) is 0.645. The molecular formula is C15H26N6S. The first kappa shape index (κ1) is 15.7. The molecule has 0 saturated carbocycles. The van der Waals surface area contributed by atoms with Gasteiger partial charge in [-0.1, -0.05) is 0 Å². The zero-order chi connectivity index (χ0) is 15.5. The number of thiazole rings is 1. The van der Waals surface area contributed by atoms with Crippen molar-refractivity contribution in [3.05, 3.63) is 16.1 Å². The van der Waals surface area contributed by atoms with Gasteiger partial charge in [0.2, 0.25) is 0 Å². The number of hydrogen-bond acceptors (Lipinski definition) is 5. The lowest BCUT2D eigenvalue weighted by Crippen LogP contribution is -2.63. The minimum atomic E-state index is 0.606. The summed E-state index contributed by atoms with van der Waals surface area (Å²) in [6, 6.07) is 0.606. The topological polar surface area (TPSA) is 47.0 Å². The Morgan fingerprint density at radius 2 is 2.23 bits per heavy atom. The Kier molecular flexibility index (Phi) is 4.95. The molecule has 0 aromatic carbocycles. The first-order valence-electron chi connectivity index (χ1n) is 7.95. The fourth-order valence-corrected chi connectivity index (χ4v) is 3.91. The summed E-state index contributed by atoms with van der Waals surface area (Å²) in [4.78, 5) is 16.3. The van der Waals surface area contributed by atoms with Crippen LogP contribution in [0.4, 0.5) is 0 Å². The van der Waals surface area contributed by atoms with E-state index in [4.69, 9.17) is 0 Å². The molecule has 2 bridgehead atoms. The monoisotopic (exact) mass is 322 g/mol. The van der Waals surface area contributed by atoms with Gasteiger partial charge >= 0.3 is 0 Å². The van der Waals surface area contributed by atoms with Crippen molar-refractivity contribution in [2.24, 2.45) is 4.99 Å². The van der Waals surface area contributed by atoms with Gasteiger partial charge in [-0.15, -0.1) is 11.3 Å². The second-order valence-corrected chi connectivity index (χ2v) is 7.19. The Balaban J connectivity index is 1.51. The molecule has 0 aliphatic carbocycles. The number of hydrogen-bond donors (Lipinski definition) is 1. The van der Waals surface area contributed by atoms with E-state index in [1.54, 1.807) is 11.3 Å². The highest BCUT2D eigenvalue weighted by molar-refractivity contribution is 7.09. The van der Waals surface area contributed by atoms with E-state index >= 15 is 0 Å². The zero-order valence-electron chi connectivity index (χ0n) is 13.7. The highest BCUT2D eigenvalue weighted by Gasteiger charge is 2.31. The van der Waals surface area contributed by atoms with Crippen molar-refractivity contribution in [3.8, 4) is 0 Å². The molecule has 3 fully saturated rings. The molecule has 1 unspecified atom stereocenters. The molecule has 1 aromatic heterocycles. The molecule has 3 aliphatic heterocycles. The van der Waals surface area contributed by atoms with Crippen LogP contribution in [0, 0.1) is 6.92 Å². The third-order valence-electron chi connectivity index (χ3n) is 4.53. The van der Waals surface area contributed by atoms with Crippen LogP contribution in [0.5, 0.6) is 0 Å².